The van der Waals surface area contributed by atoms with Gasteiger partial charge in [0.05, 0.1) is 23.9 Å². The van der Waals surface area contributed by atoms with Crippen LogP contribution in [0.1, 0.15) is 18.4 Å². The number of nitriles is 1. The van der Waals surface area contributed by atoms with Crippen LogP contribution in [0.3, 0.4) is 0 Å². The van der Waals surface area contributed by atoms with E-state index in [1.165, 1.54) is 0 Å². The highest BCUT2D eigenvalue weighted by atomic mass is 16.5. The van der Waals surface area contributed by atoms with E-state index in [9.17, 15) is 4.79 Å². The number of nitrogens with one attached hydrogen (secondary N) is 2. The van der Waals surface area contributed by atoms with E-state index in [0.29, 0.717) is 17.8 Å². The number of hydrogen-bond donors (Lipinski definition) is 2. The Hall–Kier alpha value is -2.06. The molecule has 19 heavy (non-hydrogen) atoms. The summed E-state index contributed by atoms with van der Waals surface area (Å²) >= 11 is 0. The summed E-state index contributed by atoms with van der Waals surface area (Å²) in [5.41, 5.74) is 1.21. The van der Waals surface area contributed by atoms with Crippen LogP contribution in [0, 0.1) is 11.3 Å². The number of rotatable bonds is 5. The summed E-state index contributed by atoms with van der Waals surface area (Å²) in [5.74, 6) is -0.0942. The van der Waals surface area contributed by atoms with E-state index in [4.69, 9.17) is 10.00 Å². The number of amides is 1. The van der Waals surface area contributed by atoms with Crippen LogP contribution in [0.15, 0.2) is 24.3 Å². The van der Waals surface area contributed by atoms with Gasteiger partial charge in [0.2, 0.25) is 5.91 Å². The van der Waals surface area contributed by atoms with Crippen molar-refractivity contribution in [1.29, 1.82) is 5.26 Å². The van der Waals surface area contributed by atoms with Gasteiger partial charge in [-0.3, -0.25) is 4.79 Å². The van der Waals surface area contributed by atoms with Crippen LogP contribution in [0.2, 0.25) is 0 Å². The third-order valence-electron chi connectivity index (χ3n) is 3.04. The summed E-state index contributed by atoms with van der Waals surface area (Å²) in [4.78, 5) is 11.7. The summed E-state index contributed by atoms with van der Waals surface area (Å²) in [6.45, 7) is 1.50. The van der Waals surface area contributed by atoms with Crippen LogP contribution in [0.4, 0.5) is 5.69 Å². The van der Waals surface area contributed by atoms with Crippen molar-refractivity contribution in [1.82, 2.24) is 5.32 Å². The molecular formula is C14H17N3O2. The molecule has 1 aromatic carbocycles. The summed E-state index contributed by atoms with van der Waals surface area (Å²) < 4.78 is 5.42. The molecule has 1 aliphatic heterocycles. The Morgan fingerprint density at radius 3 is 3.05 bits per heavy atom. The Balaban J connectivity index is 1.75. The summed E-state index contributed by atoms with van der Waals surface area (Å²) in [6, 6.07) is 9.20. The van der Waals surface area contributed by atoms with Gasteiger partial charge in [-0.2, -0.15) is 5.26 Å². The number of anilines is 1. The largest absolute Gasteiger partial charge is 0.376 e. The number of nitrogens with zero attached hydrogens (tertiary/aromatic N) is 1. The number of benzene rings is 1. The molecule has 0 radical (unpaired) electrons. The molecule has 1 aliphatic rings. The molecule has 1 fully saturated rings. The molecule has 1 amide bonds. The normalized spacial score (nSPS) is 17.7. The van der Waals surface area contributed by atoms with E-state index >= 15 is 0 Å². The average Bonchev–Trinajstić information content (AvgIpc) is 2.96. The molecule has 1 atom stereocenters. The second-order valence-electron chi connectivity index (χ2n) is 4.45. The molecule has 0 aromatic heterocycles. The molecule has 5 heteroatoms. The molecule has 0 aliphatic carbocycles. The zero-order valence-corrected chi connectivity index (χ0v) is 10.7. The quantitative estimate of drug-likeness (QED) is 0.835. The molecule has 5 nitrogen and oxygen atoms in total. The standard InChI is InChI=1S/C14H17N3O2/c15-8-11-4-1-2-6-13(11)16-10-14(18)17-9-12-5-3-7-19-12/h1-2,4,6,12,16H,3,5,7,9-10H2,(H,17,18). The number of carbonyl (C=O) groups excluding carboxylic acids is 1. The van der Waals surface area contributed by atoms with Crippen LogP contribution in [-0.4, -0.2) is 31.7 Å². The molecule has 1 unspecified atom stereocenters. The number of ether oxygens (including phenoxy) is 1. The predicted molar refractivity (Wildman–Crippen MR) is 71.6 cm³/mol. The van der Waals surface area contributed by atoms with Crippen molar-refractivity contribution in [2.75, 3.05) is 25.0 Å². The van der Waals surface area contributed by atoms with Crippen molar-refractivity contribution in [2.24, 2.45) is 0 Å². The van der Waals surface area contributed by atoms with E-state index in [-0.39, 0.29) is 18.6 Å². The van der Waals surface area contributed by atoms with Gasteiger partial charge in [-0.25, -0.2) is 0 Å². The van der Waals surface area contributed by atoms with Crippen LogP contribution in [0.25, 0.3) is 0 Å². The first kappa shape index (κ1) is 13.4. The van der Waals surface area contributed by atoms with Crippen molar-refractivity contribution in [2.45, 2.75) is 18.9 Å². The molecule has 1 aromatic rings. The molecule has 1 saturated heterocycles. The molecule has 1 heterocycles. The number of para-hydroxylation sites is 1. The average molecular weight is 259 g/mol. The maximum Gasteiger partial charge on any atom is 0.239 e. The molecule has 0 saturated carbocycles. The van der Waals surface area contributed by atoms with Gasteiger partial charge in [0.1, 0.15) is 6.07 Å². The third-order valence-corrected chi connectivity index (χ3v) is 3.04. The van der Waals surface area contributed by atoms with E-state index in [1.54, 1.807) is 18.2 Å². The summed E-state index contributed by atoms with van der Waals surface area (Å²) in [6.07, 6.45) is 2.22. The lowest BCUT2D eigenvalue weighted by Gasteiger charge is -2.12. The first-order valence-corrected chi connectivity index (χ1v) is 6.41. The Morgan fingerprint density at radius 1 is 1.47 bits per heavy atom. The second-order valence-corrected chi connectivity index (χ2v) is 4.45. The monoisotopic (exact) mass is 259 g/mol. The van der Waals surface area contributed by atoms with Gasteiger partial charge in [-0.15, -0.1) is 0 Å². The first-order chi connectivity index (χ1) is 9.29. The SMILES string of the molecule is N#Cc1ccccc1NCC(=O)NCC1CCCO1. The zero-order chi connectivity index (χ0) is 13.5. The Bertz CT molecular complexity index is 476. The van der Waals surface area contributed by atoms with E-state index in [1.807, 2.05) is 6.07 Å². The lowest BCUT2D eigenvalue weighted by molar-refractivity contribution is -0.119. The van der Waals surface area contributed by atoms with Crippen molar-refractivity contribution < 1.29 is 9.53 Å². The third kappa shape index (κ3) is 3.97. The maximum atomic E-state index is 11.7. The molecule has 0 spiro atoms. The van der Waals surface area contributed by atoms with Gasteiger partial charge >= 0.3 is 0 Å². The topological polar surface area (TPSA) is 74.2 Å². The van der Waals surface area contributed by atoms with Crippen LogP contribution < -0.4 is 10.6 Å². The van der Waals surface area contributed by atoms with Gasteiger partial charge in [-0.05, 0) is 25.0 Å². The lowest BCUT2D eigenvalue weighted by atomic mass is 10.2. The summed E-state index contributed by atoms with van der Waals surface area (Å²) in [5, 5.41) is 14.7. The van der Waals surface area contributed by atoms with Gasteiger partial charge in [0, 0.05) is 13.2 Å². The van der Waals surface area contributed by atoms with Crippen LogP contribution >= 0.6 is 0 Å². The lowest BCUT2D eigenvalue weighted by Crippen LogP contribution is -2.35. The van der Waals surface area contributed by atoms with Crippen molar-refractivity contribution in [3.63, 3.8) is 0 Å². The molecule has 0 bridgehead atoms. The molecule has 2 rings (SSSR count). The number of hydrogen-bond acceptors (Lipinski definition) is 4. The van der Waals surface area contributed by atoms with Crippen molar-refractivity contribution >= 4 is 11.6 Å². The van der Waals surface area contributed by atoms with Gasteiger partial charge in [0.25, 0.3) is 0 Å². The zero-order valence-electron chi connectivity index (χ0n) is 10.7. The van der Waals surface area contributed by atoms with Crippen molar-refractivity contribution in [3.8, 4) is 6.07 Å². The fraction of sp³-hybridized carbons (Fsp3) is 0.429. The van der Waals surface area contributed by atoms with E-state index < -0.39 is 0 Å². The summed E-state index contributed by atoms with van der Waals surface area (Å²) in [7, 11) is 0. The van der Waals surface area contributed by atoms with Gasteiger partial charge < -0.3 is 15.4 Å². The maximum absolute atomic E-state index is 11.7. The minimum absolute atomic E-state index is 0.0942. The minimum atomic E-state index is -0.0942. The highest BCUT2D eigenvalue weighted by Crippen LogP contribution is 2.13. The fourth-order valence-electron chi connectivity index (χ4n) is 2.01. The smallest absolute Gasteiger partial charge is 0.239 e. The fourth-order valence-corrected chi connectivity index (χ4v) is 2.01. The van der Waals surface area contributed by atoms with Crippen molar-refractivity contribution in [3.05, 3.63) is 29.8 Å². The van der Waals surface area contributed by atoms with Gasteiger partial charge in [0.15, 0.2) is 0 Å². The Labute approximate surface area is 112 Å². The predicted octanol–water partition coefficient (Wildman–Crippen LogP) is 1.27. The molecule has 100 valence electrons. The Morgan fingerprint density at radius 2 is 2.32 bits per heavy atom. The van der Waals surface area contributed by atoms with Crippen LogP contribution in [-0.2, 0) is 9.53 Å². The van der Waals surface area contributed by atoms with Gasteiger partial charge in [-0.1, -0.05) is 12.1 Å². The highest BCUT2D eigenvalue weighted by molar-refractivity contribution is 5.81. The molecular weight excluding hydrogens is 242 g/mol. The first-order valence-electron chi connectivity index (χ1n) is 6.41. The highest BCUT2D eigenvalue weighted by Gasteiger charge is 2.15. The number of carbonyl (C=O) groups is 1. The second kappa shape index (κ2) is 6.76. The van der Waals surface area contributed by atoms with E-state index in [2.05, 4.69) is 16.7 Å². The minimum Gasteiger partial charge on any atom is -0.376 e. The van der Waals surface area contributed by atoms with Crippen LogP contribution in [0.5, 0.6) is 0 Å². The molecule has 2 N–H and O–H groups in total. The Kier molecular flexibility index (Phi) is 4.76. The van der Waals surface area contributed by atoms with E-state index in [0.717, 1.165) is 19.4 Å².